The number of rotatable bonds is 5. The Balaban J connectivity index is 1.88. The van der Waals surface area contributed by atoms with Crippen molar-refractivity contribution >= 4 is 45.4 Å². The molecule has 2 aromatic rings. The van der Waals surface area contributed by atoms with Crippen LogP contribution in [0.3, 0.4) is 0 Å². The molecule has 0 unspecified atom stereocenters. The predicted molar refractivity (Wildman–Crippen MR) is 82.2 cm³/mol. The van der Waals surface area contributed by atoms with Gasteiger partial charge in [-0.05, 0) is 46.3 Å². The summed E-state index contributed by atoms with van der Waals surface area (Å²) in [7, 11) is 0. The number of hydrogen-bond acceptors (Lipinski definition) is 4. The van der Waals surface area contributed by atoms with E-state index in [0.29, 0.717) is 21.0 Å². The Kier molecular flexibility index (Phi) is 5.36. The highest BCUT2D eigenvalue weighted by Gasteiger charge is 2.11. The number of furan rings is 1. The van der Waals surface area contributed by atoms with Gasteiger partial charge in [-0.2, -0.15) is 0 Å². The summed E-state index contributed by atoms with van der Waals surface area (Å²) in [4.78, 5) is 23.3. The Bertz CT molecular complexity index is 690. The second kappa shape index (κ2) is 7.24. The van der Waals surface area contributed by atoms with E-state index in [1.807, 2.05) is 0 Å². The van der Waals surface area contributed by atoms with E-state index in [-0.39, 0.29) is 12.4 Å². The molecule has 0 N–H and O–H groups in total. The van der Waals surface area contributed by atoms with E-state index in [2.05, 4.69) is 15.9 Å². The maximum atomic E-state index is 11.8. The largest absolute Gasteiger partial charge is 0.454 e. The van der Waals surface area contributed by atoms with Gasteiger partial charge in [0.1, 0.15) is 5.76 Å². The molecule has 6 heteroatoms. The molecule has 2 rings (SSSR count). The van der Waals surface area contributed by atoms with Crippen molar-refractivity contribution < 1.29 is 18.7 Å². The lowest BCUT2D eigenvalue weighted by atomic mass is 10.1. The number of ketones is 1. The van der Waals surface area contributed by atoms with Crippen molar-refractivity contribution in [2.24, 2.45) is 0 Å². The Morgan fingerprint density at radius 3 is 2.67 bits per heavy atom. The van der Waals surface area contributed by atoms with E-state index < -0.39 is 5.97 Å². The SMILES string of the molecule is O=C(/C=C/c1ccc(Br)o1)OCC(=O)c1ccccc1Cl. The lowest BCUT2D eigenvalue weighted by molar-refractivity contribution is -0.136. The topological polar surface area (TPSA) is 56.5 Å². The van der Waals surface area contributed by atoms with Gasteiger partial charge in [0.25, 0.3) is 0 Å². The van der Waals surface area contributed by atoms with Gasteiger partial charge >= 0.3 is 5.97 Å². The molecule has 4 nitrogen and oxygen atoms in total. The monoisotopic (exact) mass is 368 g/mol. The first-order valence-corrected chi connectivity index (χ1v) is 7.11. The van der Waals surface area contributed by atoms with E-state index in [0.717, 1.165) is 0 Å². The van der Waals surface area contributed by atoms with Crippen LogP contribution in [0.4, 0.5) is 0 Å². The summed E-state index contributed by atoms with van der Waals surface area (Å²) in [6.07, 6.45) is 2.64. The van der Waals surface area contributed by atoms with Gasteiger partial charge in [-0.15, -0.1) is 0 Å². The van der Waals surface area contributed by atoms with Gasteiger partial charge in [-0.25, -0.2) is 4.79 Å². The van der Waals surface area contributed by atoms with Crippen LogP contribution in [0, 0.1) is 0 Å². The van der Waals surface area contributed by atoms with Crippen LogP contribution in [0.1, 0.15) is 16.1 Å². The molecule has 0 saturated heterocycles. The summed E-state index contributed by atoms with van der Waals surface area (Å²) in [6, 6.07) is 9.97. The number of carbonyl (C=O) groups excluding carboxylic acids is 2. The Morgan fingerprint density at radius 2 is 2.00 bits per heavy atom. The van der Waals surface area contributed by atoms with Crippen LogP contribution < -0.4 is 0 Å². The molecule has 0 fully saturated rings. The normalized spacial score (nSPS) is 10.8. The number of benzene rings is 1. The molecule has 0 aliphatic carbocycles. The molecule has 1 aromatic carbocycles. The van der Waals surface area contributed by atoms with E-state index in [1.165, 1.54) is 12.2 Å². The van der Waals surface area contributed by atoms with Crippen LogP contribution in [-0.4, -0.2) is 18.4 Å². The number of halogens is 2. The van der Waals surface area contributed by atoms with Crippen LogP contribution >= 0.6 is 27.5 Å². The minimum Gasteiger partial charge on any atom is -0.454 e. The second-order valence-electron chi connectivity index (χ2n) is 3.99. The minimum absolute atomic E-state index is 0.325. The lowest BCUT2D eigenvalue weighted by Crippen LogP contribution is -2.12. The fourth-order valence-electron chi connectivity index (χ4n) is 1.52. The number of Topliss-reactive ketones (excluding diaryl/α,β-unsaturated/α-hetero) is 1. The average molecular weight is 370 g/mol. The molecule has 108 valence electrons. The van der Waals surface area contributed by atoms with Crippen molar-refractivity contribution in [3.8, 4) is 0 Å². The van der Waals surface area contributed by atoms with Crippen LogP contribution in [0.15, 0.2) is 51.6 Å². The highest BCUT2D eigenvalue weighted by atomic mass is 79.9. The van der Waals surface area contributed by atoms with Crippen LogP contribution in [-0.2, 0) is 9.53 Å². The molecule has 21 heavy (non-hydrogen) atoms. The first kappa shape index (κ1) is 15.5. The maximum Gasteiger partial charge on any atom is 0.331 e. The van der Waals surface area contributed by atoms with Gasteiger partial charge in [-0.3, -0.25) is 4.79 Å². The Hall–Kier alpha value is -1.85. The van der Waals surface area contributed by atoms with Gasteiger partial charge in [0.05, 0.1) is 5.02 Å². The molecular weight excluding hydrogens is 360 g/mol. The number of esters is 1. The molecule has 1 heterocycles. The van der Waals surface area contributed by atoms with Gasteiger partial charge in [0, 0.05) is 11.6 Å². The third kappa shape index (κ3) is 4.58. The Morgan fingerprint density at radius 1 is 1.24 bits per heavy atom. The lowest BCUT2D eigenvalue weighted by Gasteiger charge is -2.03. The van der Waals surface area contributed by atoms with Crippen molar-refractivity contribution in [2.75, 3.05) is 6.61 Å². The first-order valence-electron chi connectivity index (χ1n) is 5.94. The highest BCUT2D eigenvalue weighted by molar-refractivity contribution is 9.10. The molecule has 0 bridgehead atoms. The average Bonchev–Trinajstić information content (AvgIpc) is 2.89. The van der Waals surface area contributed by atoms with Crippen molar-refractivity contribution in [1.82, 2.24) is 0 Å². The second-order valence-corrected chi connectivity index (χ2v) is 5.17. The molecule has 0 aliphatic heterocycles. The smallest absolute Gasteiger partial charge is 0.331 e. The number of ether oxygens (including phenoxy) is 1. The molecule has 0 radical (unpaired) electrons. The summed E-state index contributed by atoms with van der Waals surface area (Å²) >= 11 is 9.03. The zero-order valence-corrected chi connectivity index (χ0v) is 13.1. The fraction of sp³-hybridized carbons (Fsp3) is 0.0667. The number of hydrogen-bond donors (Lipinski definition) is 0. The zero-order chi connectivity index (χ0) is 15.2. The van der Waals surface area contributed by atoms with Crippen molar-refractivity contribution in [2.45, 2.75) is 0 Å². The Labute approximate surface area is 134 Å². The minimum atomic E-state index is -0.636. The van der Waals surface area contributed by atoms with Gasteiger partial charge in [0.15, 0.2) is 11.3 Å². The van der Waals surface area contributed by atoms with Gasteiger partial charge in [-0.1, -0.05) is 23.7 Å². The van der Waals surface area contributed by atoms with Crippen LogP contribution in [0.25, 0.3) is 6.08 Å². The van der Waals surface area contributed by atoms with E-state index in [9.17, 15) is 9.59 Å². The molecule has 0 atom stereocenters. The third-order valence-corrected chi connectivity index (χ3v) is 3.25. The standard InChI is InChI=1S/C15H10BrClO4/c16-14-7-5-10(21-14)6-8-15(19)20-9-13(18)11-3-1-2-4-12(11)17/h1-8H,9H2/b8-6+. The fourth-order valence-corrected chi connectivity index (χ4v) is 2.08. The highest BCUT2D eigenvalue weighted by Crippen LogP contribution is 2.16. The summed E-state index contributed by atoms with van der Waals surface area (Å²) in [6.45, 7) is -0.366. The van der Waals surface area contributed by atoms with Gasteiger partial charge in [0.2, 0.25) is 5.78 Å². The zero-order valence-electron chi connectivity index (χ0n) is 10.7. The van der Waals surface area contributed by atoms with Crippen molar-refractivity contribution in [3.05, 3.63) is 63.5 Å². The van der Waals surface area contributed by atoms with E-state index in [4.69, 9.17) is 20.8 Å². The van der Waals surface area contributed by atoms with E-state index >= 15 is 0 Å². The first-order chi connectivity index (χ1) is 10.1. The summed E-state index contributed by atoms with van der Waals surface area (Å²) in [5, 5.41) is 0.328. The predicted octanol–water partition coefficient (Wildman–Crippen LogP) is 4.13. The summed E-state index contributed by atoms with van der Waals surface area (Å²) in [5.41, 5.74) is 0.325. The molecule has 0 amide bonds. The van der Waals surface area contributed by atoms with E-state index in [1.54, 1.807) is 36.4 Å². The summed E-state index contributed by atoms with van der Waals surface area (Å²) < 4.78 is 10.6. The van der Waals surface area contributed by atoms with Crippen molar-refractivity contribution in [3.63, 3.8) is 0 Å². The van der Waals surface area contributed by atoms with Gasteiger partial charge < -0.3 is 9.15 Å². The summed E-state index contributed by atoms with van der Waals surface area (Å²) in [5.74, 6) is -0.498. The molecule has 0 saturated carbocycles. The third-order valence-electron chi connectivity index (χ3n) is 2.50. The quantitative estimate of drug-likeness (QED) is 0.452. The number of carbonyl (C=O) groups is 2. The van der Waals surface area contributed by atoms with Crippen LogP contribution in [0.5, 0.6) is 0 Å². The van der Waals surface area contributed by atoms with Crippen molar-refractivity contribution in [1.29, 1.82) is 0 Å². The molecular formula is C15H10BrClO4. The van der Waals surface area contributed by atoms with Crippen LogP contribution in [0.2, 0.25) is 5.02 Å². The molecule has 0 aliphatic rings. The molecule has 0 spiro atoms. The maximum absolute atomic E-state index is 11.8. The molecule has 1 aromatic heterocycles.